The van der Waals surface area contributed by atoms with Crippen LogP contribution in [0.3, 0.4) is 0 Å². The fourth-order valence-corrected chi connectivity index (χ4v) is 1.85. The summed E-state index contributed by atoms with van der Waals surface area (Å²) in [7, 11) is -1.14. The van der Waals surface area contributed by atoms with Crippen LogP contribution >= 0.6 is 10.6 Å². The second kappa shape index (κ2) is 3.46. The number of thiol groups is 1. The standard InChI is InChI=1S/C9H15OS/c1-7-4-5-9(11(3)10)6-8(7)2/h4-8,11H,1-3H3/q+1. The Kier molecular flexibility index (Phi) is 2.79. The summed E-state index contributed by atoms with van der Waals surface area (Å²) in [5.74, 6) is 1.13. The SMILES string of the molecule is CC1C=CC([SH](C)#[O+])=CC1C. The molecular formula is C9H15OS+. The van der Waals surface area contributed by atoms with Crippen LogP contribution in [-0.2, 0) is 4.04 Å². The summed E-state index contributed by atoms with van der Waals surface area (Å²) in [6.07, 6.45) is 8.00. The second-order valence-electron chi connectivity index (χ2n) is 3.17. The summed E-state index contributed by atoms with van der Waals surface area (Å²) in [6.45, 7) is 4.34. The third-order valence-corrected chi connectivity index (χ3v) is 3.22. The fraction of sp³-hybridized carbons (Fsp3) is 0.556. The van der Waals surface area contributed by atoms with Crippen molar-refractivity contribution < 1.29 is 4.04 Å². The predicted octanol–water partition coefficient (Wildman–Crippen LogP) is 2.69. The van der Waals surface area contributed by atoms with Crippen LogP contribution in [0.4, 0.5) is 0 Å². The Morgan fingerprint density at radius 3 is 2.45 bits per heavy atom. The van der Waals surface area contributed by atoms with E-state index in [2.05, 4.69) is 26.0 Å². The molecule has 0 aromatic heterocycles. The van der Waals surface area contributed by atoms with Crippen molar-refractivity contribution >= 4 is 10.6 Å². The van der Waals surface area contributed by atoms with Gasteiger partial charge in [0.25, 0.3) is 0 Å². The van der Waals surface area contributed by atoms with E-state index in [0.29, 0.717) is 11.8 Å². The van der Waals surface area contributed by atoms with E-state index in [-0.39, 0.29) is 0 Å². The first kappa shape index (κ1) is 8.88. The average Bonchev–Trinajstić information content (AvgIpc) is 1.94. The molecule has 11 heavy (non-hydrogen) atoms. The van der Waals surface area contributed by atoms with Crippen LogP contribution in [0.15, 0.2) is 23.1 Å². The number of hydrogen-bond donors (Lipinski definition) is 1. The van der Waals surface area contributed by atoms with E-state index < -0.39 is 10.6 Å². The third kappa shape index (κ3) is 2.11. The Bertz CT molecular complexity index is 267. The first-order valence-electron chi connectivity index (χ1n) is 3.92. The molecule has 0 amide bonds. The normalized spacial score (nSPS) is 33.1. The maximum absolute atomic E-state index is 11.1. The number of allylic oxidation sites excluding steroid dienone is 3. The zero-order valence-electron chi connectivity index (χ0n) is 7.24. The molecule has 1 aliphatic rings. The van der Waals surface area contributed by atoms with Gasteiger partial charge in [0, 0.05) is 0 Å². The van der Waals surface area contributed by atoms with Crippen molar-refractivity contribution in [1.82, 2.24) is 0 Å². The summed E-state index contributed by atoms with van der Waals surface area (Å²) >= 11 is 0. The van der Waals surface area contributed by atoms with Gasteiger partial charge in [-0.15, -0.1) is 0 Å². The molecule has 0 bridgehead atoms. The first-order chi connectivity index (χ1) is 5.11. The monoisotopic (exact) mass is 171 g/mol. The second-order valence-corrected chi connectivity index (χ2v) is 4.68. The van der Waals surface area contributed by atoms with Gasteiger partial charge < -0.3 is 0 Å². The van der Waals surface area contributed by atoms with Gasteiger partial charge in [0.1, 0.15) is 0 Å². The van der Waals surface area contributed by atoms with E-state index >= 15 is 0 Å². The molecule has 2 heteroatoms. The first-order valence-corrected chi connectivity index (χ1v) is 5.63. The molecule has 0 fully saturated rings. The minimum atomic E-state index is -1.14. The molecule has 0 saturated heterocycles. The van der Waals surface area contributed by atoms with Gasteiger partial charge >= 0.3 is 69.8 Å². The summed E-state index contributed by atoms with van der Waals surface area (Å²) in [5.41, 5.74) is 0. The van der Waals surface area contributed by atoms with Crippen LogP contribution in [-0.4, -0.2) is 6.26 Å². The van der Waals surface area contributed by atoms with Gasteiger partial charge in [-0.3, -0.25) is 0 Å². The van der Waals surface area contributed by atoms with Crippen molar-refractivity contribution in [2.24, 2.45) is 11.8 Å². The minimum absolute atomic E-state index is 0.536. The molecule has 1 rings (SSSR count). The van der Waals surface area contributed by atoms with Crippen LogP contribution in [0.25, 0.3) is 0 Å². The van der Waals surface area contributed by atoms with Crippen molar-refractivity contribution in [2.45, 2.75) is 13.8 Å². The van der Waals surface area contributed by atoms with Gasteiger partial charge in [0.05, 0.1) is 0 Å². The molecule has 0 aliphatic heterocycles. The van der Waals surface area contributed by atoms with Gasteiger partial charge in [-0.25, -0.2) is 0 Å². The molecule has 0 aromatic carbocycles. The Balaban J connectivity index is 2.83. The van der Waals surface area contributed by atoms with Gasteiger partial charge in [-0.05, 0) is 0 Å². The topological polar surface area (TPSA) is 19.9 Å². The molecule has 3 atom stereocenters. The molecule has 0 spiro atoms. The van der Waals surface area contributed by atoms with Crippen molar-refractivity contribution in [1.29, 1.82) is 0 Å². The van der Waals surface area contributed by atoms with Crippen molar-refractivity contribution in [3.05, 3.63) is 23.1 Å². The van der Waals surface area contributed by atoms with Crippen molar-refractivity contribution in [3.63, 3.8) is 0 Å². The molecule has 0 N–H and O–H groups in total. The summed E-state index contributed by atoms with van der Waals surface area (Å²) in [6, 6.07) is 0. The van der Waals surface area contributed by atoms with Crippen LogP contribution in [0.1, 0.15) is 13.8 Å². The quantitative estimate of drug-likeness (QED) is 0.427. The van der Waals surface area contributed by atoms with E-state index in [0.717, 1.165) is 4.91 Å². The van der Waals surface area contributed by atoms with E-state index in [1.807, 2.05) is 6.08 Å². The predicted molar refractivity (Wildman–Crippen MR) is 51.1 cm³/mol. The van der Waals surface area contributed by atoms with Gasteiger partial charge in [0.15, 0.2) is 0 Å². The summed E-state index contributed by atoms with van der Waals surface area (Å²) in [5, 5.41) is 0. The Morgan fingerprint density at radius 2 is 2.00 bits per heavy atom. The Hall–Kier alpha value is -0.210. The number of hydrogen-bond acceptors (Lipinski definition) is 0. The molecule has 62 valence electrons. The van der Waals surface area contributed by atoms with Gasteiger partial charge in [0.2, 0.25) is 0 Å². The van der Waals surface area contributed by atoms with Crippen LogP contribution < -0.4 is 0 Å². The Labute approximate surface area is 70.3 Å². The molecular weight excluding hydrogens is 156 g/mol. The number of rotatable bonds is 0. The van der Waals surface area contributed by atoms with Crippen LogP contribution in [0.2, 0.25) is 0 Å². The third-order valence-electron chi connectivity index (χ3n) is 2.20. The van der Waals surface area contributed by atoms with Crippen molar-refractivity contribution in [2.75, 3.05) is 6.26 Å². The molecule has 1 aliphatic carbocycles. The van der Waals surface area contributed by atoms with Crippen LogP contribution in [0, 0.1) is 11.8 Å². The van der Waals surface area contributed by atoms with E-state index in [1.54, 1.807) is 6.26 Å². The molecule has 3 unspecified atom stereocenters. The summed E-state index contributed by atoms with van der Waals surface area (Å²) < 4.78 is 11.1. The molecule has 0 radical (unpaired) electrons. The fourth-order valence-electron chi connectivity index (χ4n) is 1.11. The van der Waals surface area contributed by atoms with E-state index in [9.17, 15) is 4.04 Å². The van der Waals surface area contributed by atoms with E-state index in [1.165, 1.54) is 0 Å². The van der Waals surface area contributed by atoms with E-state index in [4.69, 9.17) is 0 Å². The summed E-state index contributed by atoms with van der Waals surface area (Å²) in [4.78, 5) is 1.01. The molecule has 0 heterocycles. The Morgan fingerprint density at radius 1 is 1.36 bits per heavy atom. The maximum atomic E-state index is 11.1. The average molecular weight is 171 g/mol. The molecule has 0 aromatic rings. The molecule has 1 nitrogen and oxygen atoms in total. The van der Waals surface area contributed by atoms with Crippen molar-refractivity contribution in [3.8, 4) is 0 Å². The van der Waals surface area contributed by atoms with Crippen LogP contribution in [0.5, 0.6) is 0 Å². The molecule has 0 saturated carbocycles. The van der Waals surface area contributed by atoms with Gasteiger partial charge in [-0.2, -0.15) is 0 Å². The van der Waals surface area contributed by atoms with Gasteiger partial charge in [-0.1, -0.05) is 0 Å². The zero-order chi connectivity index (χ0) is 8.43. The zero-order valence-corrected chi connectivity index (χ0v) is 8.14.